The molecular weight excluding hydrogens is 324 g/mol. The number of amides is 1. The molecule has 26 heavy (non-hydrogen) atoms. The molecule has 0 saturated carbocycles. The van der Waals surface area contributed by atoms with Gasteiger partial charge in [0.05, 0.1) is 6.04 Å². The number of ether oxygens (including phenoxy) is 1. The number of benzene rings is 2. The van der Waals surface area contributed by atoms with Gasteiger partial charge in [-0.25, -0.2) is 4.79 Å². The second kappa shape index (κ2) is 6.20. The van der Waals surface area contributed by atoms with Crippen molar-refractivity contribution in [1.82, 2.24) is 9.47 Å². The molecule has 1 atom stereocenters. The monoisotopic (exact) mass is 348 g/mol. The van der Waals surface area contributed by atoms with Crippen molar-refractivity contribution in [1.29, 1.82) is 0 Å². The summed E-state index contributed by atoms with van der Waals surface area (Å²) in [7, 11) is 0. The Hall–Kier alpha value is -2.75. The Labute approximate surface area is 153 Å². The third-order valence-electron chi connectivity index (χ3n) is 4.69. The molecule has 2 heterocycles. The molecule has 3 aromatic rings. The lowest BCUT2D eigenvalue weighted by Gasteiger charge is -2.32. The Morgan fingerprint density at radius 3 is 2.15 bits per heavy atom. The molecule has 2 aromatic carbocycles. The normalized spacial score (nSPS) is 17.8. The minimum Gasteiger partial charge on any atom is -0.444 e. The molecule has 0 N–H and O–H groups in total. The van der Waals surface area contributed by atoms with Crippen LogP contribution < -0.4 is 0 Å². The highest BCUT2D eigenvalue weighted by molar-refractivity contribution is 6.08. The summed E-state index contributed by atoms with van der Waals surface area (Å²) in [5.41, 5.74) is 1.89. The summed E-state index contributed by atoms with van der Waals surface area (Å²) in [5, 5.41) is 2.48. The van der Waals surface area contributed by atoms with Crippen molar-refractivity contribution >= 4 is 27.9 Å². The lowest BCUT2D eigenvalue weighted by molar-refractivity contribution is 0.0249. The summed E-state index contributed by atoms with van der Waals surface area (Å²) in [5.74, 6) is 0. The number of nitrogens with zero attached hydrogens (tertiary/aromatic N) is 2. The van der Waals surface area contributed by atoms with Crippen molar-refractivity contribution < 1.29 is 9.53 Å². The molecule has 1 aliphatic rings. The maximum absolute atomic E-state index is 12.5. The van der Waals surface area contributed by atoms with Gasteiger partial charge in [0.15, 0.2) is 0 Å². The molecule has 4 nitrogen and oxygen atoms in total. The van der Waals surface area contributed by atoms with E-state index in [1.54, 1.807) is 4.90 Å². The van der Waals surface area contributed by atoms with Gasteiger partial charge in [0.25, 0.3) is 0 Å². The zero-order valence-corrected chi connectivity index (χ0v) is 15.5. The van der Waals surface area contributed by atoms with Crippen LogP contribution in [0.15, 0.2) is 60.7 Å². The molecule has 0 aliphatic carbocycles. The second-order valence-electron chi connectivity index (χ2n) is 7.79. The van der Waals surface area contributed by atoms with E-state index in [1.807, 2.05) is 20.8 Å². The van der Waals surface area contributed by atoms with Crippen molar-refractivity contribution in [3.8, 4) is 0 Å². The maximum Gasteiger partial charge on any atom is 0.410 e. The highest BCUT2D eigenvalue weighted by Crippen LogP contribution is 2.33. The smallest absolute Gasteiger partial charge is 0.410 e. The van der Waals surface area contributed by atoms with Gasteiger partial charge in [-0.2, -0.15) is 0 Å². The summed E-state index contributed by atoms with van der Waals surface area (Å²) < 4.78 is 7.89. The van der Waals surface area contributed by atoms with Crippen LogP contribution in [0.25, 0.3) is 21.8 Å². The maximum atomic E-state index is 12.5. The van der Waals surface area contributed by atoms with Crippen LogP contribution in [-0.2, 0) is 4.74 Å². The van der Waals surface area contributed by atoms with Gasteiger partial charge in [-0.3, -0.25) is 0 Å². The van der Waals surface area contributed by atoms with E-state index in [2.05, 4.69) is 65.3 Å². The lowest BCUT2D eigenvalue weighted by Crippen LogP contribution is -2.41. The van der Waals surface area contributed by atoms with Crippen LogP contribution in [0.1, 0.15) is 26.8 Å². The van der Waals surface area contributed by atoms with E-state index in [4.69, 9.17) is 4.74 Å². The number of hydrogen-bond acceptors (Lipinski definition) is 2. The first-order chi connectivity index (χ1) is 12.4. The summed E-state index contributed by atoms with van der Waals surface area (Å²) >= 11 is 0. The lowest BCUT2D eigenvalue weighted by atomic mass is 10.1. The molecule has 4 rings (SSSR count). The zero-order chi connectivity index (χ0) is 18.3. The van der Waals surface area contributed by atoms with Crippen molar-refractivity contribution in [2.75, 3.05) is 13.1 Å². The van der Waals surface area contributed by atoms with Crippen LogP contribution in [-0.4, -0.2) is 34.3 Å². The minimum atomic E-state index is -0.486. The molecule has 0 radical (unpaired) electrons. The van der Waals surface area contributed by atoms with Crippen molar-refractivity contribution in [2.24, 2.45) is 0 Å². The number of aromatic nitrogens is 1. The van der Waals surface area contributed by atoms with E-state index >= 15 is 0 Å². The van der Waals surface area contributed by atoms with E-state index in [1.165, 1.54) is 21.8 Å². The quantitative estimate of drug-likeness (QED) is 0.571. The summed E-state index contributed by atoms with van der Waals surface area (Å²) in [6.45, 7) is 6.88. The minimum absolute atomic E-state index is 0.0843. The highest BCUT2D eigenvalue weighted by atomic mass is 16.6. The van der Waals surface area contributed by atoms with Crippen molar-refractivity contribution in [2.45, 2.75) is 32.4 Å². The van der Waals surface area contributed by atoms with Crippen molar-refractivity contribution in [3.05, 3.63) is 60.7 Å². The number of hydrogen-bond donors (Lipinski definition) is 0. The second-order valence-corrected chi connectivity index (χ2v) is 7.79. The molecule has 0 unspecified atom stereocenters. The third-order valence-corrected chi connectivity index (χ3v) is 4.69. The SMILES string of the molecule is CC(C)(C)OC(=O)N1CC=C[C@H](n2c3ccccc3c3ccccc32)C1. The van der Waals surface area contributed by atoms with Crippen LogP contribution in [0.3, 0.4) is 0 Å². The number of carbonyl (C=O) groups excluding carboxylic acids is 1. The average Bonchev–Trinajstić information content (AvgIpc) is 2.95. The molecule has 4 heteroatoms. The molecular formula is C22H24N2O2. The highest BCUT2D eigenvalue weighted by Gasteiger charge is 2.27. The number of carbonyl (C=O) groups is 1. The van der Waals surface area contributed by atoms with Gasteiger partial charge in [0.2, 0.25) is 0 Å². The van der Waals surface area contributed by atoms with E-state index in [0.717, 1.165) is 0 Å². The van der Waals surface area contributed by atoms with Crippen LogP contribution in [0, 0.1) is 0 Å². The Balaban J connectivity index is 1.74. The fraction of sp³-hybridized carbons (Fsp3) is 0.318. The number of para-hydroxylation sites is 2. The van der Waals surface area contributed by atoms with Gasteiger partial charge in [0.1, 0.15) is 5.60 Å². The fourth-order valence-electron chi connectivity index (χ4n) is 3.66. The van der Waals surface area contributed by atoms with E-state index in [9.17, 15) is 4.79 Å². The number of fused-ring (bicyclic) bond motifs is 3. The van der Waals surface area contributed by atoms with Crippen LogP contribution in [0.2, 0.25) is 0 Å². The zero-order valence-electron chi connectivity index (χ0n) is 15.5. The Morgan fingerprint density at radius 1 is 1.00 bits per heavy atom. The molecule has 1 aliphatic heterocycles. The first kappa shape index (κ1) is 16.7. The predicted octanol–water partition coefficient (Wildman–Crippen LogP) is 5.14. The van der Waals surface area contributed by atoms with E-state index in [-0.39, 0.29) is 12.1 Å². The van der Waals surface area contributed by atoms with Crippen LogP contribution >= 0.6 is 0 Å². The van der Waals surface area contributed by atoms with Gasteiger partial charge < -0.3 is 14.2 Å². The van der Waals surface area contributed by atoms with Crippen molar-refractivity contribution in [3.63, 3.8) is 0 Å². The Morgan fingerprint density at radius 2 is 1.58 bits per heavy atom. The number of rotatable bonds is 1. The largest absolute Gasteiger partial charge is 0.444 e. The molecule has 0 spiro atoms. The first-order valence-corrected chi connectivity index (χ1v) is 9.06. The van der Waals surface area contributed by atoms with E-state index < -0.39 is 5.60 Å². The van der Waals surface area contributed by atoms with Crippen LogP contribution in [0.5, 0.6) is 0 Å². The predicted molar refractivity (Wildman–Crippen MR) is 105 cm³/mol. The van der Waals surface area contributed by atoms with Gasteiger partial charge >= 0.3 is 6.09 Å². The topological polar surface area (TPSA) is 34.5 Å². The molecule has 1 aromatic heterocycles. The Kier molecular flexibility index (Phi) is 3.98. The summed E-state index contributed by atoms with van der Waals surface area (Å²) in [4.78, 5) is 14.3. The third kappa shape index (κ3) is 2.96. The molecule has 134 valence electrons. The first-order valence-electron chi connectivity index (χ1n) is 9.06. The molecule has 0 saturated heterocycles. The summed E-state index contributed by atoms with van der Waals surface area (Å²) in [6.07, 6.45) is 3.99. The fourth-order valence-corrected chi connectivity index (χ4v) is 3.66. The molecule has 1 amide bonds. The average molecular weight is 348 g/mol. The van der Waals surface area contributed by atoms with Gasteiger partial charge in [-0.15, -0.1) is 0 Å². The summed E-state index contributed by atoms with van der Waals surface area (Å²) in [6, 6.07) is 17.0. The van der Waals surface area contributed by atoms with Gasteiger partial charge in [-0.1, -0.05) is 48.6 Å². The van der Waals surface area contributed by atoms with Gasteiger partial charge in [-0.05, 0) is 32.9 Å². The van der Waals surface area contributed by atoms with Crippen LogP contribution in [0.4, 0.5) is 4.79 Å². The van der Waals surface area contributed by atoms with Gasteiger partial charge in [0, 0.05) is 34.9 Å². The van der Waals surface area contributed by atoms with E-state index in [0.29, 0.717) is 13.1 Å². The molecule has 0 fully saturated rings. The Bertz CT molecular complexity index is 941. The molecule has 0 bridgehead atoms. The standard InChI is InChI=1S/C22H24N2O2/c1-22(2,3)26-21(25)23-14-8-9-16(15-23)24-19-12-6-4-10-17(19)18-11-5-7-13-20(18)24/h4-13,16H,14-15H2,1-3H3/t16-/m0/s1.